The molecule has 0 radical (unpaired) electrons. The molecule has 3 rings (SSSR count). The van der Waals surface area contributed by atoms with E-state index < -0.39 is 23.7 Å². The van der Waals surface area contributed by atoms with Gasteiger partial charge in [-0.3, -0.25) is 9.59 Å². The number of likely N-dealkylation sites (tertiary alicyclic amines) is 1. The quantitative estimate of drug-likeness (QED) is 0.517. The van der Waals surface area contributed by atoms with Gasteiger partial charge in [-0.2, -0.15) is 13.2 Å². The number of amides is 2. The average Bonchev–Trinajstić information content (AvgIpc) is 3.37. The van der Waals surface area contributed by atoms with Crippen LogP contribution in [0.15, 0.2) is 12.3 Å². The van der Waals surface area contributed by atoms with E-state index in [-0.39, 0.29) is 35.0 Å². The topological polar surface area (TPSA) is 107 Å². The third kappa shape index (κ3) is 6.49. The first-order chi connectivity index (χ1) is 16.2. The predicted molar refractivity (Wildman–Crippen MR) is 128 cm³/mol. The summed E-state index contributed by atoms with van der Waals surface area (Å²) in [5.41, 5.74) is 0.0550. The van der Waals surface area contributed by atoms with E-state index >= 15 is 0 Å². The number of thiazole rings is 1. The highest BCUT2D eigenvalue weighted by molar-refractivity contribution is 7.17. The van der Waals surface area contributed by atoms with Crippen LogP contribution in [0.3, 0.4) is 0 Å². The molecule has 2 amide bonds. The van der Waals surface area contributed by atoms with Gasteiger partial charge in [0, 0.05) is 30.9 Å². The molecule has 3 heterocycles. The maximum atomic E-state index is 13.4. The summed E-state index contributed by atoms with van der Waals surface area (Å²) < 4.78 is 38.8. The number of rotatable bonds is 7. The molecule has 1 fully saturated rings. The van der Waals surface area contributed by atoms with Crippen molar-refractivity contribution in [1.82, 2.24) is 20.2 Å². The molecule has 8 nitrogen and oxygen atoms in total. The van der Waals surface area contributed by atoms with Crippen molar-refractivity contribution in [2.24, 2.45) is 0 Å². The average molecular weight is 514 g/mol. The molecule has 0 bridgehead atoms. The van der Waals surface area contributed by atoms with Crippen LogP contribution in [0.4, 0.5) is 19.0 Å². The van der Waals surface area contributed by atoms with E-state index in [9.17, 15) is 27.9 Å². The number of alkyl halides is 3. The third-order valence-electron chi connectivity index (χ3n) is 5.73. The number of aliphatic hydroxyl groups is 1. The molecule has 2 aromatic rings. The maximum absolute atomic E-state index is 13.4. The van der Waals surface area contributed by atoms with Gasteiger partial charge in [0.2, 0.25) is 0 Å². The van der Waals surface area contributed by atoms with Gasteiger partial charge in [0.25, 0.3) is 11.8 Å². The van der Waals surface area contributed by atoms with Gasteiger partial charge in [-0.15, -0.1) is 11.3 Å². The third-order valence-corrected chi connectivity index (χ3v) is 6.82. The summed E-state index contributed by atoms with van der Waals surface area (Å²) in [6.07, 6.45) is -1.31. The van der Waals surface area contributed by atoms with Crippen molar-refractivity contribution in [1.29, 1.82) is 0 Å². The first kappa shape index (κ1) is 26.9. The Morgan fingerprint density at radius 2 is 2.03 bits per heavy atom. The highest BCUT2D eigenvalue weighted by Gasteiger charge is 2.36. The zero-order chi connectivity index (χ0) is 26.1. The van der Waals surface area contributed by atoms with Crippen molar-refractivity contribution < 1.29 is 27.9 Å². The molecular weight excluding hydrogens is 483 g/mol. The first-order valence-corrected chi connectivity index (χ1v) is 12.1. The van der Waals surface area contributed by atoms with E-state index in [4.69, 9.17) is 0 Å². The lowest BCUT2D eigenvalue weighted by Crippen LogP contribution is -2.38. The lowest BCUT2D eigenvalue weighted by Gasteiger charge is -2.21. The summed E-state index contributed by atoms with van der Waals surface area (Å²) in [6.45, 7) is 8.31. The second-order valence-electron chi connectivity index (χ2n) is 9.47. The second kappa shape index (κ2) is 10.1. The molecule has 1 saturated heterocycles. The molecule has 0 aliphatic carbocycles. The standard InChI is InChI=1S/C23H30F3N5O3S/c1-12-9-16(29-14(3)23(24,25)26)27-10-15(12)18-17(21(33)31-8-6-7-13(31)2)30-20(35-18)19(32)28-11-22(4,5)34/h9-10,13-14,34H,6-8,11H2,1-5H3,(H,27,29)(H,28,32)/t13-,14-/m0/s1. The van der Waals surface area contributed by atoms with Gasteiger partial charge >= 0.3 is 6.18 Å². The molecule has 192 valence electrons. The van der Waals surface area contributed by atoms with Crippen molar-refractivity contribution >= 4 is 29.0 Å². The number of nitrogens with one attached hydrogen (secondary N) is 2. The number of hydrogen-bond donors (Lipinski definition) is 3. The lowest BCUT2D eigenvalue weighted by atomic mass is 10.1. The monoisotopic (exact) mass is 513 g/mol. The van der Waals surface area contributed by atoms with Gasteiger partial charge in [0.15, 0.2) is 5.01 Å². The van der Waals surface area contributed by atoms with Gasteiger partial charge in [0.1, 0.15) is 17.6 Å². The molecule has 0 aromatic carbocycles. The molecule has 1 aliphatic rings. The number of aryl methyl sites for hydroxylation is 1. The maximum Gasteiger partial charge on any atom is 0.408 e. The zero-order valence-corrected chi connectivity index (χ0v) is 21.1. The summed E-state index contributed by atoms with van der Waals surface area (Å²) in [7, 11) is 0. The highest BCUT2D eigenvalue weighted by atomic mass is 32.1. The Bertz CT molecular complexity index is 1100. The highest BCUT2D eigenvalue weighted by Crippen LogP contribution is 2.35. The van der Waals surface area contributed by atoms with Crippen LogP contribution in [0.2, 0.25) is 0 Å². The van der Waals surface area contributed by atoms with Crippen molar-refractivity contribution in [2.75, 3.05) is 18.4 Å². The van der Waals surface area contributed by atoms with Crippen molar-refractivity contribution in [3.63, 3.8) is 0 Å². The van der Waals surface area contributed by atoms with Crippen LogP contribution >= 0.6 is 11.3 Å². The number of aromatic nitrogens is 2. The van der Waals surface area contributed by atoms with E-state index in [0.717, 1.165) is 31.1 Å². The smallest absolute Gasteiger partial charge is 0.389 e. The van der Waals surface area contributed by atoms with Crippen molar-refractivity contribution in [2.45, 2.75) is 71.3 Å². The van der Waals surface area contributed by atoms with Crippen LogP contribution in [0, 0.1) is 6.92 Å². The lowest BCUT2D eigenvalue weighted by molar-refractivity contribution is -0.138. The number of halogens is 3. The van der Waals surface area contributed by atoms with Crippen LogP contribution in [0.1, 0.15) is 66.4 Å². The fourth-order valence-electron chi connectivity index (χ4n) is 3.66. The Hall–Kier alpha value is -2.73. The van der Waals surface area contributed by atoms with Crippen molar-refractivity contribution in [3.8, 4) is 10.4 Å². The number of nitrogens with zero attached hydrogens (tertiary/aromatic N) is 3. The van der Waals surface area contributed by atoms with E-state index in [2.05, 4.69) is 20.6 Å². The van der Waals surface area contributed by atoms with Crippen LogP contribution in [0.25, 0.3) is 10.4 Å². The van der Waals surface area contributed by atoms with E-state index in [0.29, 0.717) is 22.5 Å². The summed E-state index contributed by atoms with van der Waals surface area (Å²) in [6, 6.07) is -0.291. The SMILES string of the molecule is Cc1cc(N[C@@H](C)C(F)(F)F)ncc1-c1sc(C(=O)NCC(C)(C)O)nc1C(=O)N1CCC[C@@H]1C. The minimum Gasteiger partial charge on any atom is -0.389 e. The normalized spacial score (nSPS) is 17.4. The number of carbonyl (C=O) groups excluding carboxylic acids is 2. The van der Waals surface area contributed by atoms with Gasteiger partial charge < -0.3 is 20.6 Å². The van der Waals surface area contributed by atoms with Crippen LogP contribution in [-0.2, 0) is 0 Å². The molecule has 0 spiro atoms. The van der Waals surface area contributed by atoms with E-state index in [1.54, 1.807) is 25.7 Å². The molecule has 0 unspecified atom stereocenters. The fraction of sp³-hybridized carbons (Fsp3) is 0.565. The number of anilines is 1. The van der Waals surface area contributed by atoms with Gasteiger partial charge in [0.05, 0.1) is 10.5 Å². The molecule has 2 atom stereocenters. The Morgan fingerprint density at radius 3 is 2.57 bits per heavy atom. The zero-order valence-electron chi connectivity index (χ0n) is 20.3. The Morgan fingerprint density at radius 1 is 1.34 bits per heavy atom. The van der Waals surface area contributed by atoms with Crippen LogP contribution in [0.5, 0.6) is 0 Å². The number of pyridine rings is 1. The Kier molecular flexibility index (Phi) is 7.75. The van der Waals surface area contributed by atoms with E-state index in [1.165, 1.54) is 12.3 Å². The summed E-state index contributed by atoms with van der Waals surface area (Å²) in [5, 5.41) is 14.9. The summed E-state index contributed by atoms with van der Waals surface area (Å²) >= 11 is 1.01. The molecule has 1 aliphatic heterocycles. The van der Waals surface area contributed by atoms with Gasteiger partial charge in [-0.25, -0.2) is 9.97 Å². The molecule has 2 aromatic heterocycles. The second-order valence-corrected chi connectivity index (χ2v) is 10.5. The largest absolute Gasteiger partial charge is 0.408 e. The Balaban J connectivity index is 1.98. The Labute approximate surface area is 206 Å². The predicted octanol–water partition coefficient (Wildman–Crippen LogP) is 4.00. The van der Waals surface area contributed by atoms with Crippen LogP contribution < -0.4 is 10.6 Å². The molecule has 12 heteroatoms. The molecular formula is C23H30F3N5O3S. The van der Waals surface area contributed by atoms with Crippen LogP contribution in [-0.4, -0.2) is 68.7 Å². The minimum atomic E-state index is -4.43. The van der Waals surface area contributed by atoms with Gasteiger partial charge in [-0.05, 0) is 59.1 Å². The van der Waals surface area contributed by atoms with E-state index in [1.807, 2.05) is 6.92 Å². The fourth-order valence-corrected chi connectivity index (χ4v) is 4.71. The minimum absolute atomic E-state index is 0.00841. The van der Waals surface area contributed by atoms with Gasteiger partial charge in [-0.1, -0.05) is 0 Å². The molecule has 0 saturated carbocycles. The number of hydrogen-bond acceptors (Lipinski definition) is 7. The number of carbonyl (C=O) groups is 2. The molecule has 35 heavy (non-hydrogen) atoms. The summed E-state index contributed by atoms with van der Waals surface area (Å²) in [4.78, 5) is 36.7. The first-order valence-electron chi connectivity index (χ1n) is 11.3. The van der Waals surface area contributed by atoms with Crippen molar-refractivity contribution in [3.05, 3.63) is 28.5 Å². The molecule has 3 N–H and O–H groups in total. The summed E-state index contributed by atoms with van der Waals surface area (Å²) in [5.74, 6) is -0.797.